The molecule has 0 saturated carbocycles. The van der Waals surface area contributed by atoms with E-state index in [0.717, 1.165) is 11.3 Å². The monoisotopic (exact) mass is 328 g/mol. The summed E-state index contributed by atoms with van der Waals surface area (Å²) in [6.07, 6.45) is 0.912. The molecule has 6 heteroatoms. The second-order valence-corrected chi connectivity index (χ2v) is 6.42. The molecule has 1 heterocycles. The lowest BCUT2D eigenvalue weighted by atomic mass is 10.2. The molecular formula is C14H14Cl2N2OS. The molecule has 0 aliphatic carbocycles. The van der Waals surface area contributed by atoms with Gasteiger partial charge >= 0.3 is 0 Å². The summed E-state index contributed by atoms with van der Waals surface area (Å²) in [5.74, 6) is -0.172. The molecule has 0 aliphatic rings. The Bertz CT molecular complexity index is 644. The Morgan fingerprint density at radius 3 is 2.40 bits per heavy atom. The van der Waals surface area contributed by atoms with Crippen LogP contribution in [0.1, 0.15) is 27.0 Å². The van der Waals surface area contributed by atoms with Gasteiger partial charge in [0.1, 0.15) is 0 Å². The van der Waals surface area contributed by atoms with Gasteiger partial charge in [-0.2, -0.15) is 0 Å². The van der Waals surface area contributed by atoms with Crippen LogP contribution >= 0.6 is 34.5 Å². The molecule has 3 nitrogen and oxygen atoms in total. The van der Waals surface area contributed by atoms with Gasteiger partial charge in [-0.1, -0.05) is 30.1 Å². The van der Waals surface area contributed by atoms with Gasteiger partial charge in [0.15, 0.2) is 0 Å². The van der Waals surface area contributed by atoms with Crippen molar-refractivity contribution in [1.29, 1.82) is 0 Å². The Hall–Kier alpha value is -1.23. The summed E-state index contributed by atoms with van der Waals surface area (Å²) >= 11 is 13.4. The fraction of sp³-hybridized carbons (Fsp3) is 0.214. The van der Waals surface area contributed by atoms with Crippen LogP contribution in [-0.2, 0) is 6.42 Å². The van der Waals surface area contributed by atoms with Crippen molar-refractivity contribution < 1.29 is 4.79 Å². The van der Waals surface area contributed by atoms with Crippen LogP contribution in [0.2, 0.25) is 10.0 Å². The molecule has 3 N–H and O–H groups in total. The quantitative estimate of drug-likeness (QED) is 0.798. The third-order valence-electron chi connectivity index (χ3n) is 2.96. The molecule has 20 heavy (non-hydrogen) atoms. The van der Waals surface area contributed by atoms with Crippen molar-refractivity contribution in [3.05, 3.63) is 43.6 Å². The summed E-state index contributed by atoms with van der Waals surface area (Å²) in [6, 6.07) is 5.08. The molecule has 0 saturated heterocycles. The van der Waals surface area contributed by atoms with E-state index in [-0.39, 0.29) is 5.91 Å². The highest BCUT2D eigenvalue weighted by Gasteiger charge is 2.13. The molecule has 2 rings (SSSR count). The van der Waals surface area contributed by atoms with Crippen LogP contribution < -0.4 is 11.1 Å². The number of nitrogen functional groups attached to an aromatic ring is 1. The zero-order valence-corrected chi connectivity index (χ0v) is 13.4. The van der Waals surface area contributed by atoms with Crippen LogP contribution in [0.5, 0.6) is 0 Å². The lowest BCUT2D eigenvalue weighted by Crippen LogP contribution is -2.10. The maximum Gasteiger partial charge on any atom is 0.265 e. The average molecular weight is 329 g/mol. The third-order valence-corrected chi connectivity index (χ3v) is 4.68. The number of nitrogens with one attached hydrogen (secondary N) is 1. The van der Waals surface area contributed by atoms with Crippen molar-refractivity contribution in [3.8, 4) is 0 Å². The number of aryl methyl sites for hydroxylation is 2. The molecule has 106 valence electrons. The smallest absolute Gasteiger partial charge is 0.265 e. The summed E-state index contributed by atoms with van der Waals surface area (Å²) in [6.45, 7) is 4.08. The predicted octanol–water partition coefficient (Wildman–Crippen LogP) is 4.76. The second-order valence-electron chi connectivity index (χ2n) is 4.35. The zero-order valence-electron chi connectivity index (χ0n) is 11.1. The first-order chi connectivity index (χ1) is 9.42. The third kappa shape index (κ3) is 3.08. The van der Waals surface area contributed by atoms with Crippen molar-refractivity contribution in [2.45, 2.75) is 20.3 Å². The fourth-order valence-corrected chi connectivity index (χ4v) is 3.33. The van der Waals surface area contributed by atoms with Crippen LogP contribution in [0.3, 0.4) is 0 Å². The van der Waals surface area contributed by atoms with Crippen molar-refractivity contribution in [2.24, 2.45) is 0 Å². The molecular weight excluding hydrogens is 315 g/mol. The topological polar surface area (TPSA) is 55.1 Å². The van der Waals surface area contributed by atoms with Crippen LogP contribution in [0.15, 0.2) is 18.2 Å². The summed E-state index contributed by atoms with van der Waals surface area (Å²) in [4.78, 5) is 14.0. The van der Waals surface area contributed by atoms with Gasteiger partial charge in [0, 0.05) is 10.6 Å². The summed E-state index contributed by atoms with van der Waals surface area (Å²) in [5.41, 5.74) is 7.69. The second kappa shape index (κ2) is 6.04. The Balaban J connectivity index is 2.23. The summed E-state index contributed by atoms with van der Waals surface area (Å²) in [5, 5.41) is 3.43. The lowest BCUT2D eigenvalue weighted by molar-refractivity contribution is 0.103. The molecule has 0 bridgehead atoms. The molecule has 0 atom stereocenters. The molecule has 0 fully saturated rings. The average Bonchev–Trinajstić information content (AvgIpc) is 2.77. The van der Waals surface area contributed by atoms with Gasteiger partial charge in [-0.25, -0.2) is 0 Å². The fourth-order valence-electron chi connectivity index (χ4n) is 1.83. The van der Waals surface area contributed by atoms with Crippen LogP contribution in [-0.4, -0.2) is 5.91 Å². The first-order valence-electron chi connectivity index (χ1n) is 6.07. The molecule has 0 unspecified atom stereocenters. The number of hydrogen-bond acceptors (Lipinski definition) is 3. The largest absolute Gasteiger partial charge is 0.396 e. The first kappa shape index (κ1) is 15.2. The molecule has 1 amide bonds. The van der Waals surface area contributed by atoms with Crippen molar-refractivity contribution in [2.75, 3.05) is 11.1 Å². The van der Waals surface area contributed by atoms with Crippen molar-refractivity contribution in [3.63, 3.8) is 0 Å². The maximum atomic E-state index is 12.2. The van der Waals surface area contributed by atoms with E-state index in [1.54, 1.807) is 12.1 Å². The van der Waals surface area contributed by atoms with Crippen LogP contribution in [0, 0.1) is 6.92 Å². The minimum Gasteiger partial charge on any atom is -0.396 e. The highest BCUT2D eigenvalue weighted by Crippen LogP contribution is 2.31. The minimum atomic E-state index is -0.172. The number of halogens is 2. The van der Waals surface area contributed by atoms with E-state index in [1.807, 2.05) is 13.0 Å². The predicted molar refractivity (Wildman–Crippen MR) is 87.3 cm³/mol. The normalized spacial score (nSPS) is 10.6. The number of benzene rings is 1. The van der Waals surface area contributed by atoms with Crippen molar-refractivity contribution in [1.82, 2.24) is 0 Å². The van der Waals surface area contributed by atoms with Gasteiger partial charge < -0.3 is 11.1 Å². The number of nitrogens with two attached hydrogens (primary N) is 1. The highest BCUT2D eigenvalue weighted by molar-refractivity contribution is 7.14. The highest BCUT2D eigenvalue weighted by atomic mass is 35.5. The SMILES string of the molecule is CCc1cc(C(=O)Nc2cc(Cl)c(N)c(Cl)c2)sc1C. The minimum absolute atomic E-state index is 0.172. The number of amides is 1. The van der Waals surface area contributed by atoms with E-state index < -0.39 is 0 Å². The maximum absolute atomic E-state index is 12.2. The Labute approximate surface area is 131 Å². The van der Waals surface area contributed by atoms with E-state index >= 15 is 0 Å². The molecule has 1 aromatic carbocycles. The van der Waals surface area contributed by atoms with Gasteiger partial charge in [-0.05, 0) is 37.1 Å². The summed E-state index contributed by atoms with van der Waals surface area (Å²) < 4.78 is 0. The van der Waals surface area contributed by atoms with Gasteiger partial charge in [0.25, 0.3) is 5.91 Å². The molecule has 0 spiro atoms. The van der Waals surface area contributed by atoms with E-state index in [0.29, 0.717) is 26.3 Å². The van der Waals surface area contributed by atoms with Crippen LogP contribution in [0.4, 0.5) is 11.4 Å². The Morgan fingerprint density at radius 1 is 1.30 bits per heavy atom. The van der Waals surface area contributed by atoms with Gasteiger partial charge in [-0.15, -0.1) is 11.3 Å². The van der Waals surface area contributed by atoms with E-state index in [1.165, 1.54) is 16.9 Å². The van der Waals surface area contributed by atoms with E-state index in [4.69, 9.17) is 28.9 Å². The number of carbonyl (C=O) groups is 1. The number of anilines is 2. The Morgan fingerprint density at radius 2 is 1.90 bits per heavy atom. The molecule has 1 aromatic heterocycles. The molecule has 0 radical (unpaired) electrons. The molecule has 2 aromatic rings. The standard InChI is InChI=1S/C14H14Cl2N2OS/c1-3-8-4-12(20-7(8)2)14(19)18-9-5-10(15)13(17)11(16)6-9/h4-6H,3,17H2,1-2H3,(H,18,19). The molecule has 0 aliphatic heterocycles. The number of rotatable bonds is 3. The number of thiophene rings is 1. The number of hydrogen-bond donors (Lipinski definition) is 2. The first-order valence-corrected chi connectivity index (χ1v) is 7.64. The van der Waals surface area contributed by atoms with Gasteiger partial charge in [-0.3, -0.25) is 4.79 Å². The number of carbonyl (C=O) groups excluding carboxylic acids is 1. The zero-order chi connectivity index (χ0) is 14.9. The lowest BCUT2D eigenvalue weighted by Gasteiger charge is -2.07. The Kier molecular flexibility index (Phi) is 4.58. The van der Waals surface area contributed by atoms with Gasteiger partial charge in [0.2, 0.25) is 0 Å². The van der Waals surface area contributed by atoms with Gasteiger partial charge in [0.05, 0.1) is 20.6 Å². The summed E-state index contributed by atoms with van der Waals surface area (Å²) in [7, 11) is 0. The van der Waals surface area contributed by atoms with E-state index in [2.05, 4.69) is 12.2 Å². The van der Waals surface area contributed by atoms with Crippen molar-refractivity contribution >= 4 is 51.8 Å². The van der Waals surface area contributed by atoms with Crippen LogP contribution in [0.25, 0.3) is 0 Å². The van der Waals surface area contributed by atoms with E-state index in [9.17, 15) is 4.79 Å².